The van der Waals surface area contributed by atoms with E-state index in [1.54, 1.807) is 34.5 Å². The highest BCUT2D eigenvalue weighted by molar-refractivity contribution is 5.93. The van der Waals surface area contributed by atoms with E-state index in [0.717, 1.165) is 12.8 Å². The first-order valence-electron chi connectivity index (χ1n) is 9.35. The Hall–Kier alpha value is -2.61. The number of nitrogens with zero attached hydrogens (tertiary/aromatic N) is 4. The average Bonchev–Trinajstić information content (AvgIpc) is 3.41. The molecule has 1 atom stereocenters. The summed E-state index contributed by atoms with van der Waals surface area (Å²) in [5.41, 5.74) is -0.505. The third kappa shape index (κ3) is 3.37. The van der Waals surface area contributed by atoms with Gasteiger partial charge in [-0.1, -0.05) is 0 Å². The van der Waals surface area contributed by atoms with Crippen LogP contribution in [0.3, 0.4) is 0 Å². The number of aromatic nitrogens is 2. The van der Waals surface area contributed by atoms with Crippen LogP contribution in [0.15, 0.2) is 35.3 Å². The number of hydrogen-bond donors (Lipinski definition) is 1. The third-order valence-corrected chi connectivity index (χ3v) is 5.61. The van der Waals surface area contributed by atoms with Gasteiger partial charge in [-0.25, -0.2) is 4.98 Å². The SMILES string of the molecule is O=C(c1ccc(Cn2ccnc2)o1)N1CC[C@]2(CCCN(CCO)C2=O)C1. The molecule has 2 aromatic rings. The molecule has 2 aromatic heterocycles. The number of imidazole rings is 1. The van der Waals surface area contributed by atoms with E-state index < -0.39 is 5.41 Å². The van der Waals surface area contributed by atoms with Gasteiger partial charge in [0.25, 0.3) is 5.91 Å². The maximum absolute atomic E-state index is 12.9. The second kappa shape index (κ2) is 7.19. The van der Waals surface area contributed by atoms with Gasteiger partial charge in [0, 0.05) is 38.6 Å². The molecule has 0 radical (unpaired) electrons. The van der Waals surface area contributed by atoms with Crippen molar-refractivity contribution < 1.29 is 19.1 Å². The molecule has 4 rings (SSSR count). The van der Waals surface area contributed by atoms with E-state index >= 15 is 0 Å². The first-order valence-corrected chi connectivity index (χ1v) is 9.35. The van der Waals surface area contributed by atoms with Crippen molar-refractivity contribution in [1.29, 1.82) is 0 Å². The van der Waals surface area contributed by atoms with E-state index in [-0.39, 0.29) is 18.4 Å². The van der Waals surface area contributed by atoms with Crippen molar-refractivity contribution >= 4 is 11.8 Å². The standard InChI is InChI=1S/C19H24N4O4/c24-11-10-22-7-1-4-19(18(22)26)5-8-23(13-19)17(25)16-3-2-15(27-16)12-21-9-6-20-14-21/h2-3,6,9,14,24H,1,4-5,7-8,10-13H2/t19-/m1/s1. The maximum atomic E-state index is 12.9. The Bertz CT molecular complexity index is 814. The average molecular weight is 372 g/mol. The Morgan fingerprint density at radius 3 is 2.96 bits per heavy atom. The fraction of sp³-hybridized carbons (Fsp3) is 0.526. The first-order chi connectivity index (χ1) is 13.1. The van der Waals surface area contributed by atoms with Gasteiger partial charge in [-0.3, -0.25) is 9.59 Å². The predicted octanol–water partition coefficient (Wildman–Crippen LogP) is 0.971. The van der Waals surface area contributed by atoms with Crippen molar-refractivity contribution in [3.63, 3.8) is 0 Å². The Balaban J connectivity index is 1.43. The quantitative estimate of drug-likeness (QED) is 0.844. The second-order valence-corrected chi connectivity index (χ2v) is 7.38. The van der Waals surface area contributed by atoms with Crippen molar-refractivity contribution in [3.8, 4) is 0 Å². The minimum atomic E-state index is -0.505. The van der Waals surface area contributed by atoms with E-state index in [1.807, 2.05) is 10.8 Å². The zero-order valence-electron chi connectivity index (χ0n) is 15.2. The number of aliphatic hydroxyl groups excluding tert-OH is 1. The van der Waals surface area contributed by atoms with Crippen molar-refractivity contribution in [1.82, 2.24) is 19.4 Å². The van der Waals surface area contributed by atoms with Crippen molar-refractivity contribution in [3.05, 3.63) is 42.4 Å². The van der Waals surface area contributed by atoms with Gasteiger partial charge in [-0.05, 0) is 31.4 Å². The highest BCUT2D eigenvalue weighted by Crippen LogP contribution is 2.40. The molecule has 0 unspecified atom stereocenters. The van der Waals surface area contributed by atoms with Crippen molar-refractivity contribution in [2.45, 2.75) is 25.8 Å². The molecule has 2 fully saturated rings. The topological polar surface area (TPSA) is 91.8 Å². The number of carbonyl (C=O) groups is 2. The van der Waals surface area contributed by atoms with Gasteiger partial charge < -0.3 is 23.9 Å². The van der Waals surface area contributed by atoms with Crippen LogP contribution in [0.1, 0.15) is 35.6 Å². The summed E-state index contributed by atoms with van der Waals surface area (Å²) in [6.07, 6.45) is 7.59. The number of amides is 2. The number of rotatable bonds is 5. The normalized spacial score (nSPS) is 22.8. The summed E-state index contributed by atoms with van der Waals surface area (Å²) in [6, 6.07) is 3.49. The van der Waals surface area contributed by atoms with Crippen LogP contribution in [0.25, 0.3) is 0 Å². The molecule has 0 aromatic carbocycles. The Morgan fingerprint density at radius 1 is 1.30 bits per heavy atom. The first kappa shape index (κ1) is 17.8. The van der Waals surface area contributed by atoms with Crippen LogP contribution in [0.2, 0.25) is 0 Å². The molecule has 2 aliphatic heterocycles. The molecule has 1 N–H and O–H groups in total. The van der Waals surface area contributed by atoms with Gasteiger partial charge >= 0.3 is 0 Å². The summed E-state index contributed by atoms with van der Waals surface area (Å²) in [6.45, 7) is 2.51. The second-order valence-electron chi connectivity index (χ2n) is 7.38. The minimum absolute atomic E-state index is 0.0312. The monoisotopic (exact) mass is 372 g/mol. The minimum Gasteiger partial charge on any atom is -0.454 e. The Kier molecular flexibility index (Phi) is 4.73. The molecule has 27 heavy (non-hydrogen) atoms. The summed E-state index contributed by atoms with van der Waals surface area (Å²) >= 11 is 0. The van der Waals surface area contributed by atoms with Crippen LogP contribution < -0.4 is 0 Å². The molecule has 144 valence electrons. The lowest BCUT2D eigenvalue weighted by Gasteiger charge is -2.39. The molecule has 0 aliphatic carbocycles. The highest BCUT2D eigenvalue weighted by atomic mass is 16.4. The Labute approximate surface area is 157 Å². The summed E-state index contributed by atoms with van der Waals surface area (Å²) in [5.74, 6) is 0.889. The number of β-amino-alcohol motifs (C(OH)–C–C–N with tert-alkyl or cyclic N) is 1. The highest BCUT2D eigenvalue weighted by Gasteiger charge is 2.49. The molecule has 0 saturated carbocycles. The molecular formula is C19H24N4O4. The third-order valence-electron chi connectivity index (χ3n) is 5.61. The van der Waals surface area contributed by atoms with Crippen LogP contribution in [0.4, 0.5) is 0 Å². The maximum Gasteiger partial charge on any atom is 0.289 e. The lowest BCUT2D eigenvalue weighted by molar-refractivity contribution is -0.146. The van der Waals surface area contributed by atoms with Gasteiger partial charge in [0.1, 0.15) is 5.76 Å². The van der Waals surface area contributed by atoms with Crippen LogP contribution in [0, 0.1) is 5.41 Å². The van der Waals surface area contributed by atoms with Crippen LogP contribution in [0.5, 0.6) is 0 Å². The molecule has 8 heteroatoms. The van der Waals surface area contributed by atoms with Gasteiger partial charge in [-0.2, -0.15) is 0 Å². The molecule has 2 amide bonds. The largest absolute Gasteiger partial charge is 0.454 e. The fourth-order valence-corrected chi connectivity index (χ4v) is 4.20. The lowest BCUT2D eigenvalue weighted by atomic mass is 9.78. The summed E-state index contributed by atoms with van der Waals surface area (Å²) in [4.78, 5) is 33.2. The summed E-state index contributed by atoms with van der Waals surface area (Å²) in [5, 5.41) is 9.17. The Morgan fingerprint density at radius 2 is 2.19 bits per heavy atom. The smallest absolute Gasteiger partial charge is 0.289 e. The predicted molar refractivity (Wildman–Crippen MR) is 95.9 cm³/mol. The van der Waals surface area contributed by atoms with Gasteiger partial charge in [0.2, 0.25) is 5.91 Å². The molecule has 4 heterocycles. The van der Waals surface area contributed by atoms with E-state index in [4.69, 9.17) is 4.42 Å². The molecule has 1 spiro atoms. The van der Waals surface area contributed by atoms with E-state index in [2.05, 4.69) is 4.98 Å². The molecule has 2 aliphatic rings. The molecular weight excluding hydrogens is 348 g/mol. The van der Waals surface area contributed by atoms with E-state index in [0.29, 0.717) is 50.7 Å². The van der Waals surface area contributed by atoms with E-state index in [1.165, 1.54) is 0 Å². The molecule has 8 nitrogen and oxygen atoms in total. The fourth-order valence-electron chi connectivity index (χ4n) is 4.20. The zero-order chi connectivity index (χ0) is 18.9. The number of hydrogen-bond acceptors (Lipinski definition) is 5. The van der Waals surface area contributed by atoms with E-state index in [9.17, 15) is 14.7 Å². The summed E-state index contributed by atoms with van der Waals surface area (Å²) in [7, 11) is 0. The van der Waals surface area contributed by atoms with Crippen LogP contribution in [-0.2, 0) is 11.3 Å². The molecule has 0 bridgehead atoms. The molecule has 2 saturated heterocycles. The number of aliphatic hydroxyl groups is 1. The number of carbonyl (C=O) groups excluding carboxylic acids is 2. The van der Waals surface area contributed by atoms with Gasteiger partial charge in [0.05, 0.1) is 24.9 Å². The number of furan rings is 1. The van der Waals surface area contributed by atoms with Gasteiger partial charge in [0.15, 0.2) is 5.76 Å². The van der Waals surface area contributed by atoms with Crippen LogP contribution in [-0.4, -0.2) is 69.1 Å². The summed E-state index contributed by atoms with van der Waals surface area (Å²) < 4.78 is 7.59. The van der Waals surface area contributed by atoms with Gasteiger partial charge in [-0.15, -0.1) is 0 Å². The number of piperidine rings is 1. The van der Waals surface area contributed by atoms with Crippen molar-refractivity contribution in [2.24, 2.45) is 5.41 Å². The lowest BCUT2D eigenvalue weighted by Crippen LogP contribution is -2.51. The zero-order valence-corrected chi connectivity index (χ0v) is 15.2. The van der Waals surface area contributed by atoms with Crippen molar-refractivity contribution in [2.75, 3.05) is 32.8 Å². The van der Waals surface area contributed by atoms with Crippen LogP contribution >= 0.6 is 0 Å². The number of likely N-dealkylation sites (tertiary alicyclic amines) is 2.